The third kappa shape index (κ3) is 3.17. The first-order chi connectivity index (χ1) is 12.3. The molecular weight excluding hydrogens is 341 g/mol. The number of nitrogens with one attached hydrogen (secondary N) is 1. The fraction of sp³-hybridized carbons (Fsp3) is 0.278. The first kappa shape index (κ1) is 17.7. The van der Waals surface area contributed by atoms with Gasteiger partial charge in [0.2, 0.25) is 5.91 Å². The average molecular weight is 359 g/mol. The zero-order chi connectivity index (χ0) is 18.9. The molecule has 1 fully saturated rings. The van der Waals surface area contributed by atoms with Gasteiger partial charge in [-0.2, -0.15) is 0 Å². The van der Waals surface area contributed by atoms with E-state index in [0.717, 1.165) is 4.90 Å². The molecule has 1 aliphatic heterocycles. The topological polar surface area (TPSA) is 82.9 Å². The van der Waals surface area contributed by atoms with E-state index in [9.17, 15) is 18.8 Å². The van der Waals surface area contributed by atoms with E-state index in [1.54, 1.807) is 19.2 Å². The molecule has 8 heteroatoms. The lowest BCUT2D eigenvalue weighted by molar-refractivity contribution is -0.138. The smallest absolute Gasteiger partial charge is 0.325 e. The Hall–Kier alpha value is -3.16. The normalized spacial score (nSPS) is 19.6. The number of amides is 4. The number of hydrogen-bond donors (Lipinski definition) is 1. The molecule has 1 aromatic heterocycles. The maximum atomic E-state index is 13.1. The molecule has 26 heavy (non-hydrogen) atoms. The number of nitrogens with zero attached hydrogens (tertiary/aromatic N) is 2. The molecule has 4 amide bonds. The SMILES string of the molecule is CN(Cc1ccco1)C(=O)CN1C(=O)NC(C)(c2ccc(F)cc2)C1=O. The lowest BCUT2D eigenvalue weighted by atomic mass is 9.92. The number of halogens is 1. The molecule has 0 aliphatic carbocycles. The van der Waals surface area contributed by atoms with Gasteiger partial charge in [-0.15, -0.1) is 0 Å². The molecule has 0 radical (unpaired) electrons. The Morgan fingerprint density at radius 2 is 1.96 bits per heavy atom. The van der Waals surface area contributed by atoms with Gasteiger partial charge in [0.25, 0.3) is 5.91 Å². The van der Waals surface area contributed by atoms with E-state index in [1.807, 2.05) is 0 Å². The van der Waals surface area contributed by atoms with Crippen LogP contribution in [0.2, 0.25) is 0 Å². The Balaban J connectivity index is 1.72. The standard InChI is InChI=1S/C18H18FN3O4/c1-18(12-5-7-13(19)8-6-12)16(24)22(17(25)20-18)11-15(23)21(2)10-14-4-3-9-26-14/h3-9H,10-11H2,1-2H3,(H,20,25). The predicted octanol–water partition coefficient (Wildman–Crippen LogP) is 1.84. The Morgan fingerprint density at radius 1 is 1.27 bits per heavy atom. The van der Waals surface area contributed by atoms with Gasteiger partial charge in [0.05, 0.1) is 12.8 Å². The van der Waals surface area contributed by atoms with Gasteiger partial charge in [0.15, 0.2) is 0 Å². The summed E-state index contributed by atoms with van der Waals surface area (Å²) in [6.07, 6.45) is 1.50. The van der Waals surface area contributed by atoms with Gasteiger partial charge in [-0.3, -0.25) is 14.5 Å². The van der Waals surface area contributed by atoms with Gasteiger partial charge in [0.1, 0.15) is 23.7 Å². The zero-order valence-corrected chi connectivity index (χ0v) is 14.4. The first-order valence-corrected chi connectivity index (χ1v) is 7.98. The molecule has 2 heterocycles. The second-order valence-corrected chi connectivity index (χ2v) is 6.28. The zero-order valence-electron chi connectivity index (χ0n) is 14.4. The molecule has 1 N–H and O–H groups in total. The van der Waals surface area contributed by atoms with E-state index >= 15 is 0 Å². The van der Waals surface area contributed by atoms with Crippen molar-refractivity contribution in [3.63, 3.8) is 0 Å². The molecule has 0 spiro atoms. The lowest BCUT2D eigenvalue weighted by Gasteiger charge is -2.23. The van der Waals surface area contributed by atoms with Crippen molar-refractivity contribution >= 4 is 17.8 Å². The van der Waals surface area contributed by atoms with E-state index in [2.05, 4.69) is 5.32 Å². The van der Waals surface area contributed by atoms with Crippen LogP contribution in [0.5, 0.6) is 0 Å². The minimum atomic E-state index is -1.34. The fourth-order valence-corrected chi connectivity index (χ4v) is 2.80. The quantitative estimate of drug-likeness (QED) is 0.826. The second-order valence-electron chi connectivity index (χ2n) is 6.28. The van der Waals surface area contributed by atoms with Gasteiger partial charge < -0.3 is 14.6 Å². The average Bonchev–Trinajstić information content (AvgIpc) is 3.18. The molecule has 0 saturated carbocycles. The third-order valence-electron chi connectivity index (χ3n) is 4.39. The molecule has 7 nitrogen and oxygen atoms in total. The van der Waals surface area contributed by atoms with Crippen LogP contribution < -0.4 is 5.32 Å². The van der Waals surface area contributed by atoms with E-state index in [4.69, 9.17) is 4.42 Å². The molecule has 3 rings (SSSR count). The van der Waals surface area contributed by atoms with Crippen LogP contribution in [-0.2, 0) is 21.7 Å². The third-order valence-corrected chi connectivity index (χ3v) is 4.39. The van der Waals surface area contributed by atoms with Crippen molar-refractivity contribution < 1.29 is 23.2 Å². The highest BCUT2D eigenvalue weighted by Gasteiger charge is 2.49. The Kier molecular flexibility index (Phi) is 4.50. The number of carbonyl (C=O) groups is 3. The number of rotatable bonds is 5. The summed E-state index contributed by atoms with van der Waals surface area (Å²) in [5.41, 5.74) is -0.902. The van der Waals surface area contributed by atoms with Crippen LogP contribution in [0.25, 0.3) is 0 Å². The van der Waals surface area contributed by atoms with Crippen LogP contribution in [0.4, 0.5) is 9.18 Å². The summed E-state index contributed by atoms with van der Waals surface area (Å²) in [5, 5.41) is 2.58. The molecule has 1 aromatic carbocycles. The minimum Gasteiger partial charge on any atom is -0.467 e. The van der Waals surface area contributed by atoms with Crippen LogP contribution in [0.3, 0.4) is 0 Å². The van der Waals surface area contributed by atoms with E-state index in [1.165, 1.54) is 42.4 Å². The van der Waals surface area contributed by atoms with Crippen LogP contribution >= 0.6 is 0 Å². The molecule has 2 aromatic rings. The van der Waals surface area contributed by atoms with Crippen molar-refractivity contribution in [1.82, 2.24) is 15.1 Å². The monoisotopic (exact) mass is 359 g/mol. The number of hydrogen-bond acceptors (Lipinski definition) is 4. The van der Waals surface area contributed by atoms with Gasteiger partial charge >= 0.3 is 6.03 Å². The number of carbonyl (C=O) groups excluding carboxylic acids is 3. The number of benzene rings is 1. The van der Waals surface area contributed by atoms with Crippen molar-refractivity contribution in [1.29, 1.82) is 0 Å². The van der Waals surface area contributed by atoms with Crippen molar-refractivity contribution in [3.05, 3.63) is 59.8 Å². The highest BCUT2D eigenvalue weighted by molar-refractivity contribution is 6.09. The summed E-state index contributed by atoms with van der Waals surface area (Å²) in [4.78, 5) is 39.6. The highest BCUT2D eigenvalue weighted by atomic mass is 19.1. The highest BCUT2D eigenvalue weighted by Crippen LogP contribution is 2.28. The van der Waals surface area contributed by atoms with Crippen molar-refractivity contribution in [2.75, 3.05) is 13.6 Å². The lowest BCUT2D eigenvalue weighted by Crippen LogP contribution is -2.43. The van der Waals surface area contributed by atoms with Crippen LogP contribution in [-0.4, -0.2) is 41.2 Å². The van der Waals surface area contributed by atoms with Crippen LogP contribution in [0, 0.1) is 5.82 Å². The molecular formula is C18H18FN3O4. The summed E-state index contributed by atoms with van der Waals surface area (Å²) in [7, 11) is 1.56. The largest absolute Gasteiger partial charge is 0.467 e. The van der Waals surface area contributed by atoms with Gasteiger partial charge in [-0.05, 0) is 36.8 Å². The summed E-state index contributed by atoms with van der Waals surface area (Å²) in [6, 6.07) is 8.06. The number of likely N-dealkylation sites (N-methyl/N-ethyl adjacent to an activating group) is 1. The van der Waals surface area contributed by atoms with E-state index in [-0.39, 0.29) is 6.54 Å². The van der Waals surface area contributed by atoms with Crippen LogP contribution in [0.1, 0.15) is 18.2 Å². The number of furan rings is 1. The number of imide groups is 1. The number of urea groups is 1. The second kappa shape index (κ2) is 6.62. The molecule has 0 bridgehead atoms. The Morgan fingerprint density at radius 3 is 2.58 bits per heavy atom. The summed E-state index contributed by atoms with van der Waals surface area (Å²) >= 11 is 0. The maximum absolute atomic E-state index is 13.1. The first-order valence-electron chi connectivity index (χ1n) is 7.98. The predicted molar refractivity (Wildman–Crippen MR) is 89.2 cm³/mol. The van der Waals surface area contributed by atoms with Crippen LogP contribution in [0.15, 0.2) is 47.1 Å². The summed E-state index contributed by atoms with van der Waals surface area (Å²) < 4.78 is 18.3. The van der Waals surface area contributed by atoms with Gasteiger partial charge in [0, 0.05) is 7.05 Å². The van der Waals surface area contributed by atoms with Crippen molar-refractivity contribution in [2.45, 2.75) is 19.0 Å². The molecule has 1 unspecified atom stereocenters. The van der Waals surface area contributed by atoms with E-state index < -0.39 is 35.7 Å². The molecule has 136 valence electrons. The maximum Gasteiger partial charge on any atom is 0.325 e. The summed E-state index contributed by atoms with van der Waals surface area (Å²) in [6.45, 7) is 1.36. The van der Waals surface area contributed by atoms with Crippen molar-refractivity contribution in [3.8, 4) is 0 Å². The molecule has 1 saturated heterocycles. The van der Waals surface area contributed by atoms with E-state index in [0.29, 0.717) is 11.3 Å². The molecule has 1 aliphatic rings. The summed E-state index contributed by atoms with van der Waals surface area (Å²) in [5.74, 6) is -0.822. The van der Waals surface area contributed by atoms with Gasteiger partial charge in [-0.25, -0.2) is 9.18 Å². The minimum absolute atomic E-state index is 0.227. The molecule has 1 atom stereocenters. The van der Waals surface area contributed by atoms with Gasteiger partial charge in [-0.1, -0.05) is 12.1 Å². The Labute approximate surface area is 149 Å². The fourth-order valence-electron chi connectivity index (χ4n) is 2.80. The van der Waals surface area contributed by atoms with Crippen molar-refractivity contribution in [2.24, 2.45) is 0 Å². The Bertz CT molecular complexity index is 835.